The van der Waals surface area contributed by atoms with Gasteiger partial charge in [-0.15, -0.1) is 0 Å². The van der Waals surface area contributed by atoms with E-state index in [4.69, 9.17) is 0 Å². The van der Waals surface area contributed by atoms with Crippen LogP contribution in [0.2, 0.25) is 0 Å². The Morgan fingerprint density at radius 2 is 1.63 bits per heavy atom. The molecule has 1 atom stereocenters. The quantitative estimate of drug-likeness (QED) is 0.721. The predicted molar refractivity (Wildman–Crippen MR) is 124 cm³/mol. The van der Waals surface area contributed by atoms with E-state index in [9.17, 15) is 13.2 Å². The van der Waals surface area contributed by atoms with Gasteiger partial charge in [-0.3, -0.25) is 9.10 Å². The third kappa shape index (κ3) is 5.33. The van der Waals surface area contributed by atoms with E-state index in [1.165, 1.54) is 23.6 Å². The molecule has 30 heavy (non-hydrogen) atoms. The first-order valence-electron chi connectivity index (χ1n) is 10.5. The molecule has 0 aliphatic carbocycles. The van der Waals surface area contributed by atoms with Crippen molar-refractivity contribution in [3.05, 3.63) is 54.1 Å². The molecule has 1 amide bonds. The summed E-state index contributed by atoms with van der Waals surface area (Å²) < 4.78 is 26.1. The average Bonchev–Trinajstić information content (AvgIpc) is 2.74. The number of aryl methyl sites for hydroxylation is 1. The summed E-state index contributed by atoms with van der Waals surface area (Å²) in [5.74, 6) is -0.370. The molecule has 1 aliphatic heterocycles. The van der Waals surface area contributed by atoms with E-state index in [-0.39, 0.29) is 5.91 Å². The zero-order valence-corrected chi connectivity index (χ0v) is 18.8. The Bertz CT molecular complexity index is 950. The van der Waals surface area contributed by atoms with Crippen LogP contribution >= 0.6 is 0 Å². The normalized spacial score (nSPS) is 15.5. The average molecular weight is 430 g/mol. The van der Waals surface area contributed by atoms with Crippen LogP contribution in [0.15, 0.2) is 48.5 Å². The predicted octanol–water partition coefficient (Wildman–Crippen LogP) is 4.03. The number of benzene rings is 2. The van der Waals surface area contributed by atoms with Crippen LogP contribution in [0.3, 0.4) is 0 Å². The maximum atomic E-state index is 12.9. The van der Waals surface area contributed by atoms with Gasteiger partial charge in [0.2, 0.25) is 15.9 Å². The van der Waals surface area contributed by atoms with Crippen molar-refractivity contribution in [1.29, 1.82) is 0 Å². The number of nitrogens with zero attached hydrogens (tertiary/aromatic N) is 2. The van der Waals surface area contributed by atoms with Crippen LogP contribution in [0.5, 0.6) is 0 Å². The highest BCUT2D eigenvalue weighted by molar-refractivity contribution is 7.92. The molecule has 1 heterocycles. The monoisotopic (exact) mass is 429 g/mol. The fraction of sp³-hybridized carbons (Fsp3) is 0.435. The number of amides is 1. The number of carbonyl (C=O) groups is 1. The second kappa shape index (κ2) is 9.51. The minimum absolute atomic E-state index is 0.370. The molecule has 0 bridgehead atoms. The summed E-state index contributed by atoms with van der Waals surface area (Å²) >= 11 is 0. The summed E-state index contributed by atoms with van der Waals surface area (Å²) in [6.45, 7) is 5.76. The summed E-state index contributed by atoms with van der Waals surface area (Å²) in [4.78, 5) is 15.2. The van der Waals surface area contributed by atoms with Gasteiger partial charge in [0.1, 0.15) is 6.04 Å². The van der Waals surface area contributed by atoms with Gasteiger partial charge >= 0.3 is 0 Å². The Balaban J connectivity index is 1.73. The molecule has 0 aromatic heterocycles. The highest BCUT2D eigenvalue weighted by Gasteiger charge is 2.29. The molecule has 6 nitrogen and oxygen atoms in total. The Labute approximate surface area is 179 Å². The standard InChI is InChI=1S/C23H31N3O3S/c1-4-19-8-12-22(13-9-19)26(30(3,28)29)18(2)23(27)24-20-10-14-21(15-11-20)25-16-6-5-7-17-25/h8-15,18H,4-7,16-17H2,1-3H3,(H,24,27). The maximum absolute atomic E-state index is 12.9. The fourth-order valence-corrected chi connectivity index (χ4v) is 5.02. The van der Waals surface area contributed by atoms with Gasteiger partial charge in [-0.05, 0) is 74.6 Å². The van der Waals surface area contributed by atoms with E-state index in [1.54, 1.807) is 19.1 Å². The van der Waals surface area contributed by atoms with Gasteiger partial charge in [-0.25, -0.2) is 8.42 Å². The Morgan fingerprint density at radius 3 is 2.17 bits per heavy atom. The Hall–Kier alpha value is -2.54. The van der Waals surface area contributed by atoms with Gasteiger partial charge in [0.05, 0.1) is 11.9 Å². The van der Waals surface area contributed by atoms with E-state index < -0.39 is 16.1 Å². The third-order valence-corrected chi connectivity index (χ3v) is 6.79. The van der Waals surface area contributed by atoms with Gasteiger partial charge < -0.3 is 10.2 Å². The largest absolute Gasteiger partial charge is 0.372 e. The molecule has 1 saturated heterocycles. The van der Waals surface area contributed by atoms with Crippen molar-refractivity contribution in [2.75, 3.05) is 33.9 Å². The highest BCUT2D eigenvalue weighted by Crippen LogP contribution is 2.24. The molecule has 1 fully saturated rings. The molecule has 0 radical (unpaired) electrons. The minimum atomic E-state index is -3.63. The smallest absolute Gasteiger partial charge is 0.247 e. The first-order valence-corrected chi connectivity index (χ1v) is 12.4. The van der Waals surface area contributed by atoms with Crippen molar-refractivity contribution >= 4 is 33.0 Å². The summed E-state index contributed by atoms with van der Waals surface area (Å²) in [5.41, 5.74) is 3.40. The topological polar surface area (TPSA) is 69.7 Å². The van der Waals surface area contributed by atoms with Crippen LogP contribution < -0.4 is 14.5 Å². The van der Waals surface area contributed by atoms with Gasteiger partial charge in [0.25, 0.3) is 0 Å². The molecule has 1 aliphatic rings. The summed E-state index contributed by atoms with van der Waals surface area (Å²) in [6.07, 6.45) is 5.67. The number of rotatable bonds is 7. The molecule has 3 rings (SSSR count). The second-order valence-corrected chi connectivity index (χ2v) is 9.70. The number of anilines is 3. The van der Waals surface area contributed by atoms with E-state index in [0.29, 0.717) is 11.4 Å². The van der Waals surface area contributed by atoms with Crippen molar-refractivity contribution in [3.63, 3.8) is 0 Å². The molecule has 1 N–H and O–H groups in total. The SMILES string of the molecule is CCc1ccc(N(C(C)C(=O)Nc2ccc(N3CCCCC3)cc2)S(C)(=O)=O)cc1. The number of piperidine rings is 1. The molecule has 2 aromatic rings. The first kappa shape index (κ1) is 22.2. The van der Waals surface area contributed by atoms with E-state index >= 15 is 0 Å². The van der Waals surface area contributed by atoms with Crippen LogP contribution in [0.25, 0.3) is 0 Å². The van der Waals surface area contributed by atoms with Gasteiger partial charge in [-0.1, -0.05) is 19.1 Å². The van der Waals surface area contributed by atoms with Crippen LogP contribution in [0.1, 0.15) is 38.7 Å². The second-order valence-electron chi connectivity index (χ2n) is 7.84. The Morgan fingerprint density at radius 1 is 1.03 bits per heavy atom. The molecular weight excluding hydrogens is 398 g/mol. The number of hydrogen-bond acceptors (Lipinski definition) is 4. The van der Waals surface area contributed by atoms with Gasteiger partial charge in [-0.2, -0.15) is 0 Å². The zero-order chi connectivity index (χ0) is 21.7. The van der Waals surface area contributed by atoms with Crippen LogP contribution in [-0.2, 0) is 21.2 Å². The Kier molecular flexibility index (Phi) is 7.02. The van der Waals surface area contributed by atoms with E-state index in [0.717, 1.165) is 37.0 Å². The van der Waals surface area contributed by atoms with Crippen molar-refractivity contribution in [2.24, 2.45) is 0 Å². The van der Waals surface area contributed by atoms with Gasteiger partial charge in [0.15, 0.2) is 0 Å². The highest BCUT2D eigenvalue weighted by atomic mass is 32.2. The lowest BCUT2D eigenvalue weighted by Gasteiger charge is -2.29. The summed E-state index contributed by atoms with van der Waals surface area (Å²) in [7, 11) is -3.63. The van der Waals surface area contributed by atoms with Crippen LogP contribution in [0, 0.1) is 0 Å². The number of carbonyl (C=O) groups excluding carboxylic acids is 1. The minimum Gasteiger partial charge on any atom is -0.372 e. The summed E-state index contributed by atoms with van der Waals surface area (Å²) in [6, 6.07) is 14.1. The molecular formula is C23H31N3O3S. The molecule has 162 valence electrons. The fourth-order valence-electron chi connectivity index (χ4n) is 3.84. The van der Waals surface area contributed by atoms with Crippen LogP contribution in [-0.4, -0.2) is 39.7 Å². The lowest BCUT2D eigenvalue weighted by atomic mass is 10.1. The molecule has 1 unspecified atom stereocenters. The maximum Gasteiger partial charge on any atom is 0.247 e. The van der Waals surface area contributed by atoms with Crippen molar-refractivity contribution in [1.82, 2.24) is 0 Å². The number of hydrogen-bond donors (Lipinski definition) is 1. The van der Waals surface area contributed by atoms with E-state index in [2.05, 4.69) is 10.2 Å². The first-order chi connectivity index (χ1) is 14.3. The third-order valence-electron chi connectivity index (χ3n) is 5.54. The van der Waals surface area contributed by atoms with Crippen molar-refractivity contribution in [2.45, 2.75) is 45.6 Å². The zero-order valence-electron chi connectivity index (χ0n) is 18.0. The van der Waals surface area contributed by atoms with Crippen LogP contribution in [0.4, 0.5) is 17.1 Å². The molecule has 0 spiro atoms. The van der Waals surface area contributed by atoms with Crippen molar-refractivity contribution in [3.8, 4) is 0 Å². The lowest BCUT2D eigenvalue weighted by molar-refractivity contribution is -0.116. The van der Waals surface area contributed by atoms with Gasteiger partial charge in [0, 0.05) is 24.5 Å². The number of nitrogens with one attached hydrogen (secondary N) is 1. The number of sulfonamides is 1. The molecule has 7 heteroatoms. The lowest BCUT2D eigenvalue weighted by Crippen LogP contribution is -2.45. The van der Waals surface area contributed by atoms with E-state index in [1.807, 2.05) is 43.3 Å². The molecule has 0 saturated carbocycles. The summed E-state index contributed by atoms with van der Waals surface area (Å²) in [5, 5.41) is 2.85. The molecule has 2 aromatic carbocycles. The van der Waals surface area contributed by atoms with Crippen molar-refractivity contribution < 1.29 is 13.2 Å².